The van der Waals surface area contributed by atoms with Gasteiger partial charge in [0.15, 0.2) is 0 Å². The summed E-state index contributed by atoms with van der Waals surface area (Å²) >= 11 is 0. The maximum Gasteiger partial charge on any atom is 0.326 e. The second-order valence-corrected chi connectivity index (χ2v) is 5.79. The number of ether oxygens (including phenoxy) is 1. The molecule has 1 fully saturated rings. The Kier molecular flexibility index (Phi) is 6.78. The molecule has 116 valence electrons. The third kappa shape index (κ3) is 5.36. The van der Waals surface area contributed by atoms with Gasteiger partial charge in [-0.2, -0.15) is 0 Å². The quantitative estimate of drug-likeness (QED) is 0.692. The topological polar surface area (TPSA) is 87.7 Å². The molecule has 1 rings (SSSR count). The Hall–Kier alpha value is -1.30. The number of carbonyl (C=O) groups excluding carboxylic acids is 1. The van der Waals surface area contributed by atoms with Crippen molar-refractivity contribution in [3.05, 3.63) is 0 Å². The molecule has 1 aliphatic carbocycles. The molecule has 4 atom stereocenters. The van der Waals surface area contributed by atoms with E-state index < -0.39 is 18.0 Å². The van der Waals surface area contributed by atoms with Crippen molar-refractivity contribution in [2.45, 2.75) is 51.6 Å². The van der Waals surface area contributed by atoms with E-state index in [0.29, 0.717) is 18.4 Å². The first-order chi connectivity index (χ1) is 9.43. The largest absolute Gasteiger partial charge is 0.480 e. The van der Waals surface area contributed by atoms with Crippen molar-refractivity contribution in [1.29, 1.82) is 0 Å². The minimum Gasteiger partial charge on any atom is -0.480 e. The summed E-state index contributed by atoms with van der Waals surface area (Å²) in [4.78, 5) is 22.9. The van der Waals surface area contributed by atoms with Gasteiger partial charge in [-0.15, -0.1) is 0 Å². The number of carbonyl (C=O) groups is 2. The number of nitrogens with one attached hydrogen (secondary N) is 2. The zero-order valence-electron chi connectivity index (χ0n) is 12.5. The summed E-state index contributed by atoms with van der Waals surface area (Å²) in [5.74, 6) is 0.0776. The fourth-order valence-electron chi connectivity index (χ4n) is 2.74. The maximum absolute atomic E-state index is 11.9. The van der Waals surface area contributed by atoms with E-state index in [4.69, 9.17) is 9.84 Å². The van der Waals surface area contributed by atoms with Crippen LogP contribution in [0, 0.1) is 11.8 Å². The molecule has 0 saturated heterocycles. The number of methoxy groups -OCH3 is 1. The van der Waals surface area contributed by atoms with Gasteiger partial charge in [0.05, 0.1) is 0 Å². The van der Waals surface area contributed by atoms with Crippen LogP contribution in [0.15, 0.2) is 0 Å². The van der Waals surface area contributed by atoms with Gasteiger partial charge in [0.25, 0.3) is 0 Å². The molecule has 4 unspecified atom stereocenters. The van der Waals surface area contributed by atoms with Crippen molar-refractivity contribution in [2.75, 3.05) is 13.7 Å². The highest BCUT2D eigenvalue weighted by atomic mass is 16.5. The molecule has 0 aromatic heterocycles. The van der Waals surface area contributed by atoms with Crippen LogP contribution in [-0.4, -0.2) is 42.9 Å². The second-order valence-electron chi connectivity index (χ2n) is 5.79. The summed E-state index contributed by atoms with van der Waals surface area (Å²) < 4.78 is 4.85. The molecule has 0 radical (unpaired) electrons. The van der Waals surface area contributed by atoms with E-state index in [-0.39, 0.29) is 12.5 Å². The number of hydrogen-bond donors (Lipinski definition) is 3. The number of aliphatic carboxylic acids is 1. The van der Waals surface area contributed by atoms with Crippen molar-refractivity contribution < 1.29 is 19.4 Å². The van der Waals surface area contributed by atoms with Crippen molar-refractivity contribution in [1.82, 2.24) is 10.6 Å². The number of carboxylic acid groups (broad SMARTS) is 1. The van der Waals surface area contributed by atoms with Crippen LogP contribution in [0.25, 0.3) is 0 Å². The summed E-state index contributed by atoms with van der Waals surface area (Å²) in [6.07, 6.45) is 3.40. The fraction of sp³-hybridized carbons (Fsp3) is 0.857. The Morgan fingerprint density at radius 2 is 2.05 bits per heavy atom. The van der Waals surface area contributed by atoms with Gasteiger partial charge in [-0.3, -0.25) is 0 Å². The van der Waals surface area contributed by atoms with Crippen molar-refractivity contribution in [3.8, 4) is 0 Å². The zero-order chi connectivity index (χ0) is 15.1. The lowest BCUT2D eigenvalue weighted by Gasteiger charge is -2.33. The molecule has 0 aromatic rings. The fourth-order valence-corrected chi connectivity index (χ4v) is 2.74. The Bertz CT molecular complexity index is 335. The van der Waals surface area contributed by atoms with Crippen LogP contribution in [0.2, 0.25) is 0 Å². The smallest absolute Gasteiger partial charge is 0.326 e. The third-order valence-corrected chi connectivity index (χ3v) is 3.96. The monoisotopic (exact) mass is 286 g/mol. The molecule has 1 saturated carbocycles. The Morgan fingerprint density at radius 3 is 2.60 bits per heavy atom. The van der Waals surface area contributed by atoms with Gasteiger partial charge < -0.3 is 20.5 Å². The predicted molar refractivity (Wildman–Crippen MR) is 75.6 cm³/mol. The summed E-state index contributed by atoms with van der Waals surface area (Å²) in [7, 11) is 1.50. The van der Waals surface area contributed by atoms with Gasteiger partial charge in [0.2, 0.25) is 0 Å². The molecule has 6 nitrogen and oxygen atoms in total. The van der Waals surface area contributed by atoms with Gasteiger partial charge in [-0.25, -0.2) is 9.59 Å². The summed E-state index contributed by atoms with van der Waals surface area (Å²) in [6, 6.07) is -1.18. The Morgan fingerprint density at radius 1 is 1.35 bits per heavy atom. The van der Waals surface area contributed by atoms with Gasteiger partial charge in [-0.05, 0) is 31.1 Å². The lowest BCUT2D eigenvalue weighted by Crippen LogP contribution is -2.51. The average Bonchev–Trinajstić information content (AvgIpc) is 2.37. The maximum atomic E-state index is 11.9. The molecule has 20 heavy (non-hydrogen) atoms. The normalized spacial score (nSPS) is 27.6. The molecule has 6 heteroatoms. The SMILES string of the molecule is COCCC(NC(=O)NC1CCC(C)CC1C)C(=O)O. The van der Waals surface area contributed by atoms with Crippen LogP contribution in [0.4, 0.5) is 4.79 Å². The van der Waals surface area contributed by atoms with E-state index in [1.807, 2.05) is 0 Å². The lowest BCUT2D eigenvalue weighted by molar-refractivity contribution is -0.139. The minimum atomic E-state index is -1.04. The molecule has 3 N–H and O–H groups in total. The first kappa shape index (κ1) is 16.8. The van der Waals surface area contributed by atoms with E-state index in [0.717, 1.165) is 19.3 Å². The van der Waals surface area contributed by atoms with E-state index in [1.54, 1.807) is 0 Å². The molecule has 1 aliphatic rings. The highest BCUT2D eigenvalue weighted by molar-refractivity contribution is 5.82. The van der Waals surface area contributed by atoms with Crippen LogP contribution >= 0.6 is 0 Å². The minimum absolute atomic E-state index is 0.128. The summed E-state index contributed by atoms with van der Waals surface area (Å²) in [6.45, 7) is 4.65. The number of urea groups is 1. The van der Waals surface area contributed by atoms with Crippen LogP contribution in [-0.2, 0) is 9.53 Å². The zero-order valence-corrected chi connectivity index (χ0v) is 12.5. The molecule has 0 aromatic carbocycles. The van der Waals surface area contributed by atoms with Crippen LogP contribution in [0.1, 0.15) is 39.5 Å². The molecule has 0 spiro atoms. The summed E-state index contributed by atoms with van der Waals surface area (Å²) in [5.41, 5.74) is 0. The second kappa shape index (κ2) is 8.09. The Labute approximate surface area is 120 Å². The van der Waals surface area contributed by atoms with E-state index in [2.05, 4.69) is 24.5 Å². The predicted octanol–water partition coefficient (Wildman–Crippen LogP) is 1.60. The van der Waals surface area contributed by atoms with Gasteiger partial charge in [-0.1, -0.05) is 13.8 Å². The first-order valence-corrected chi connectivity index (χ1v) is 7.22. The average molecular weight is 286 g/mol. The number of carboxylic acids is 1. The molecular weight excluding hydrogens is 260 g/mol. The molecule has 0 heterocycles. The van der Waals surface area contributed by atoms with Crippen LogP contribution < -0.4 is 10.6 Å². The van der Waals surface area contributed by atoms with Gasteiger partial charge in [0.1, 0.15) is 6.04 Å². The molecule has 2 amide bonds. The van der Waals surface area contributed by atoms with E-state index in [9.17, 15) is 9.59 Å². The van der Waals surface area contributed by atoms with Crippen LogP contribution in [0.3, 0.4) is 0 Å². The van der Waals surface area contributed by atoms with E-state index >= 15 is 0 Å². The number of hydrogen-bond acceptors (Lipinski definition) is 3. The highest BCUT2D eigenvalue weighted by Gasteiger charge is 2.27. The lowest BCUT2D eigenvalue weighted by atomic mass is 9.80. The van der Waals surface area contributed by atoms with E-state index in [1.165, 1.54) is 7.11 Å². The molecular formula is C14H26N2O4. The van der Waals surface area contributed by atoms with Gasteiger partial charge in [0, 0.05) is 26.2 Å². The highest BCUT2D eigenvalue weighted by Crippen LogP contribution is 2.28. The summed E-state index contributed by atoms with van der Waals surface area (Å²) in [5, 5.41) is 14.4. The first-order valence-electron chi connectivity index (χ1n) is 7.22. The van der Waals surface area contributed by atoms with Gasteiger partial charge >= 0.3 is 12.0 Å². The number of amides is 2. The van der Waals surface area contributed by atoms with Crippen molar-refractivity contribution >= 4 is 12.0 Å². The van der Waals surface area contributed by atoms with Crippen molar-refractivity contribution in [3.63, 3.8) is 0 Å². The molecule has 0 bridgehead atoms. The van der Waals surface area contributed by atoms with Crippen LogP contribution in [0.5, 0.6) is 0 Å². The number of rotatable bonds is 6. The third-order valence-electron chi connectivity index (χ3n) is 3.96. The van der Waals surface area contributed by atoms with Crippen molar-refractivity contribution in [2.24, 2.45) is 11.8 Å². The molecule has 0 aliphatic heterocycles. The Balaban J connectivity index is 2.43. The standard InChI is InChI=1S/C14H26N2O4/c1-9-4-5-11(10(2)8-9)15-14(19)16-12(13(17)18)6-7-20-3/h9-12H,4-8H2,1-3H3,(H,17,18)(H2,15,16,19).